The molecule has 0 radical (unpaired) electrons. The van der Waals surface area contributed by atoms with Crippen LogP contribution in [-0.4, -0.2) is 47.9 Å². The number of carbonyl (C=O) groups is 1. The van der Waals surface area contributed by atoms with E-state index in [0.717, 1.165) is 6.07 Å². The molecule has 3 aromatic rings. The molecule has 2 unspecified atom stereocenters. The van der Waals surface area contributed by atoms with Crippen molar-refractivity contribution in [1.29, 1.82) is 5.26 Å². The fourth-order valence-electron chi connectivity index (χ4n) is 3.42. The van der Waals surface area contributed by atoms with Crippen LogP contribution in [0.4, 0.5) is 8.78 Å². The predicted octanol–water partition coefficient (Wildman–Crippen LogP) is 2.86. The van der Waals surface area contributed by atoms with Crippen molar-refractivity contribution in [1.82, 2.24) is 15.3 Å². The molecule has 0 spiro atoms. The highest BCUT2D eigenvalue weighted by atomic mass is 35.5. The molecule has 2 heterocycles. The van der Waals surface area contributed by atoms with E-state index in [-0.39, 0.29) is 60.0 Å². The summed E-state index contributed by atoms with van der Waals surface area (Å²) in [6.45, 7) is 0.361. The largest absolute Gasteiger partial charge is 0.489 e. The van der Waals surface area contributed by atoms with Crippen molar-refractivity contribution in [3.63, 3.8) is 0 Å². The van der Waals surface area contributed by atoms with E-state index in [1.165, 1.54) is 24.3 Å². The van der Waals surface area contributed by atoms with Crippen molar-refractivity contribution < 1.29 is 27.8 Å². The van der Waals surface area contributed by atoms with Crippen molar-refractivity contribution in [2.75, 3.05) is 19.8 Å². The molecule has 1 fully saturated rings. The third kappa shape index (κ3) is 5.74. The molecule has 12 heteroatoms. The number of fused-ring (bicyclic) bond motifs is 1. The Morgan fingerprint density at radius 1 is 1.26 bits per heavy atom. The van der Waals surface area contributed by atoms with Crippen molar-refractivity contribution in [2.45, 2.75) is 25.2 Å². The summed E-state index contributed by atoms with van der Waals surface area (Å²) in [6, 6.07) is 8.30. The summed E-state index contributed by atoms with van der Waals surface area (Å²) < 4.78 is 44.1. The number of halogens is 3. The SMILES string of the molecule is N#CC1COC(CCOc2c(F)ccc3nc(C(=O)NCc4ccc(F)c(Cl)c4)[nH]c(=O)c23)CO1. The van der Waals surface area contributed by atoms with Crippen LogP contribution in [0.3, 0.4) is 0 Å². The zero-order valence-corrected chi connectivity index (χ0v) is 18.9. The highest BCUT2D eigenvalue weighted by Gasteiger charge is 2.23. The number of nitriles is 1. The molecule has 9 nitrogen and oxygen atoms in total. The summed E-state index contributed by atoms with van der Waals surface area (Å²) in [4.78, 5) is 31.7. The molecular formula is C23H19ClF2N4O5. The van der Waals surface area contributed by atoms with E-state index in [9.17, 15) is 18.4 Å². The van der Waals surface area contributed by atoms with Gasteiger partial charge in [0.25, 0.3) is 11.5 Å². The average Bonchev–Trinajstić information content (AvgIpc) is 2.86. The number of nitrogens with zero attached hydrogens (tertiary/aromatic N) is 2. The number of hydrogen-bond donors (Lipinski definition) is 2. The Kier molecular flexibility index (Phi) is 7.55. The molecule has 1 saturated heterocycles. The number of H-pyrrole nitrogens is 1. The van der Waals surface area contributed by atoms with Gasteiger partial charge in [0, 0.05) is 13.0 Å². The van der Waals surface area contributed by atoms with Crippen LogP contribution in [0.2, 0.25) is 5.02 Å². The van der Waals surface area contributed by atoms with E-state index < -0.39 is 29.2 Å². The predicted molar refractivity (Wildman–Crippen MR) is 120 cm³/mol. The molecule has 2 N–H and O–H groups in total. The Balaban J connectivity index is 1.45. The zero-order valence-electron chi connectivity index (χ0n) is 18.1. The van der Waals surface area contributed by atoms with E-state index in [4.69, 9.17) is 31.1 Å². The van der Waals surface area contributed by atoms with Crippen molar-refractivity contribution in [3.05, 3.63) is 68.7 Å². The first kappa shape index (κ1) is 24.5. The lowest BCUT2D eigenvalue weighted by Gasteiger charge is -2.26. The minimum atomic E-state index is -0.763. The van der Waals surface area contributed by atoms with Gasteiger partial charge < -0.3 is 24.5 Å². The summed E-state index contributed by atoms with van der Waals surface area (Å²) in [7, 11) is 0. The van der Waals surface area contributed by atoms with Gasteiger partial charge in [-0.3, -0.25) is 9.59 Å². The number of aromatic amines is 1. The van der Waals surface area contributed by atoms with E-state index in [1.807, 2.05) is 6.07 Å². The summed E-state index contributed by atoms with van der Waals surface area (Å²) in [5, 5.41) is 11.1. The third-order valence-corrected chi connectivity index (χ3v) is 5.52. The molecule has 35 heavy (non-hydrogen) atoms. The molecule has 1 aromatic heterocycles. The average molecular weight is 505 g/mol. The number of nitrogens with one attached hydrogen (secondary N) is 2. The first-order valence-corrected chi connectivity index (χ1v) is 10.9. The second-order valence-electron chi connectivity index (χ2n) is 7.66. The maximum atomic E-state index is 14.5. The summed E-state index contributed by atoms with van der Waals surface area (Å²) in [5.74, 6) is -2.62. The molecule has 2 aromatic carbocycles. The van der Waals surface area contributed by atoms with Crippen LogP contribution in [0.15, 0.2) is 35.1 Å². The van der Waals surface area contributed by atoms with Crippen molar-refractivity contribution in [3.8, 4) is 11.8 Å². The Morgan fingerprint density at radius 2 is 2.06 bits per heavy atom. The molecule has 1 aliphatic heterocycles. The summed E-state index contributed by atoms with van der Waals surface area (Å²) in [6.07, 6.45) is -0.611. The van der Waals surface area contributed by atoms with E-state index >= 15 is 0 Å². The lowest BCUT2D eigenvalue weighted by molar-refractivity contribution is -0.118. The number of hydrogen-bond acceptors (Lipinski definition) is 7. The number of benzene rings is 2. The first-order valence-electron chi connectivity index (χ1n) is 10.6. The minimum absolute atomic E-state index is 0.0143. The lowest BCUT2D eigenvalue weighted by Crippen LogP contribution is -2.35. The zero-order chi connectivity index (χ0) is 24.9. The molecule has 2 atom stereocenters. The Labute approximate surface area is 202 Å². The normalized spacial score (nSPS) is 17.7. The van der Waals surface area contributed by atoms with Crippen LogP contribution < -0.4 is 15.6 Å². The van der Waals surface area contributed by atoms with Gasteiger partial charge in [-0.15, -0.1) is 0 Å². The minimum Gasteiger partial charge on any atom is -0.489 e. The van der Waals surface area contributed by atoms with Crippen molar-refractivity contribution in [2.24, 2.45) is 0 Å². The molecular weight excluding hydrogens is 486 g/mol. The van der Waals surface area contributed by atoms with Gasteiger partial charge in [0.1, 0.15) is 11.2 Å². The van der Waals surface area contributed by atoms with Gasteiger partial charge >= 0.3 is 0 Å². The quantitative estimate of drug-likeness (QED) is 0.506. The van der Waals surface area contributed by atoms with Crippen LogP contribution in [-0.2, 0) is 16.0 Å². The fraction of sp³-hybridized carbons (Fsp3) is 0.304. The van der Waals surface area contributed by atoms with Gasteiger partial charge in [-0.1, -0.05) is 17.7 Å². The Bertz CT molecular complexity index is 1350. The van der Waals surface area contributed by atoms with E-state index in [1.54, 1.807) is 0 Å². The van der Waals surface area contributed by atoms with Gasteiger partial charge in [0.2, 0.25) is 0 Å². The monoisotopic (exact) mass is 504 g/mol. The number of rotatable bonds is 7. The van der Waals surface area contributed by atoms with E-state index in [0.29, 0.717) is 12.0 Å². The third-order valence-electron chi connectivity index (χ3n) is 5.23. The molecule has 0 bridgehead atoms. The van der Waals surface area contributed by atoms with Gasteiger partial charge in [-0.2, -0.15) is 5.26 Å². The van der Waals surface area contributed by atoms with Gasteiger partial charge in [-0.05, 0) is 29.8 Å². The number of carbonyl (C=O) groups excluding carboxylic acids is 1. The van der Waals surface area contributed by atoms with Crippen molar-refractivity contribution >= 4 is 28.4 Å². The standard InChI is InChI=1S/C23H19ClF2N4O5/c24-15-7-12(1-2-16(15)25)9-28-23(32)21-29-18-4-3-17(26)20(19(18)22(31)30-21)33-6-5-13-10-35-14(8-27)11-34-13/h1-4,7,13-14H,5-6,9-11H2,(H,28,32)(H,29,30,31). The molecule has 1 amide bonds. The number of amides is 1. The second-order valence-corrected chi connectivity index (χ2v) is 8.07. The van der Waals surface area contributed by atoms with Crippen LogP contribution >= 0.6 is 11.6 Å². The van der Waals surface area contributed by atoms with Crippen LogP contribution in [0.1, 0.15) is 22.6 Å². The second kappa shape index (κ2) is 10.8. The fourth-order valence-corrected chi connectivity index (χ4v) is 3.62. The summed E-state index contributed by atoms with van der Waals surface area (Å²) >= 11 is 5.74. The highest BCUT2D eigenvalue weighted by molar-refractivity contribution is 6.30. The first-order chi connectivity index (χ1) is 16.9. The van der Waals surface area contributed by atoms with Gasteiger partial charge in [0.05, 0.1) is 42.5 Å². The smallest absolute Gasteiger partial charge is 0.287 e. The Hall–Kier alpha value is -3.59. The number of ether oxygens (including phenoxy) is 3. The summed E-state index contributed by atoms with van der Waals surface area (Å²) in [5.41, 5.74) is -0.149. The molecule has 4 rings (SSSR count). The van der Waals surface area contributed by atoms with Gasteiger partial charge in [0.15, 0.2) is 23.5 Å². The maximum absolute atomic E-state index is 14.5. The van der Waals surface area contributed by atoms with Crippen LogP contribution in [0.5, 0.6) is 5.75 Å². The molecule has 1 aliphatic rings. The number of aromatic nitrogens is 2. The maximum Gasteiger partial charge on any atom is 0.287 e. The molecule has 0 saturated carbocycles. The Morgan fingerprint density at radius 3 is 2.77 bits per heavy atom. The van der Waals surface area contributed by atoms with Crippen LogP contribution in [0.25, 0.3) is 10.9 Å². The molecule has 182 valence electrons. The van der Waals surface area contributed by atoms with E-state index in [2.05, 4.69) is 15.3 Å². The van der Waals surface area contributed by atoms with Gasteiger partial charge in [-0.25, -0.2) is 13.8 Å². The lowest BCUT2D eigenvalue weighted by atomic mass is 10.2. The topological polar surface area (TPSA) is 126 Å². The molecule has 0 aliphatic carbocycles. The van der Waals surface area contributed by atoms with Crippen LogP contribution in [0, 0.1) is 23.0 Å². The highest BCUT2D eigenvalue weighted by Crippen LogP contribution is 2.26.